The van der Waals surface area contributed by atoms with Gasteiger partial charge in [0, 0.05) is 11.5 Å². The van der Waals surface area contributed by atoms with Crippen molar-refractivity contribution in [1.29, 1.82) is 0 Å². The molecule has 7 nitrogen and oxygen atoms in total. The van der Waals surface area contributed by atoms with E-state index in [2.05, 4.69) is 16.2 Å². The summed E-state index contributed by atoms with van der Waals surface area (Å²) in [7, 11) is 4.90. The molecule has 7 heteroatoms. The number of fused-ring (bicyclic) bond motifs is 1. The third-order valence-electron chi connectivity index (χ3n) is 5.38. The molecule has 2 aliphatic rings. The number of hydrogen-bond acceptors (Lipinski definition) is 6. The summed E-state index contributed by atoms with van der Waals surface area (Å²) in [4.78, 5) is 12.6. The van der Waals surface area contributed by atoms with Gasteiger partial charge in [-0.05, 0) is 35.9 Å². The molecule has 0 spiro atoms. The van der Waals surface area contributed by atoms with E-state index in [1.807, 2.05) is 42.5 Å². The molecule has 2 aromatic rings. The maximum atomic E-state index is 12.6. The molecule has 0 bridgehead atoms. The predicted octanol–water partition coefficient (Wildman–Crippen LogP) is 1.72. The molecule has 27 heavy (non-hydrogen) atoms. The minimum atomic E-state index is -0.321. The molecular formula is C20H23N3O4. The van der Waals surface area contributed by atoms with Crippen LogP contribution in [0.5, 0.6) is 17.2 Å². The minimum Gasteiger partial charge on any atom is -0.497 e. The van der Waals surface area contributed by atoms with Gasteiger partial charge in [0.1, 0.15) is 23.3 Å². The van der Waals surface area contributed by atoms with E-state index in [0.717, 1.165) is 28.4 Å². The Morgan fingerprint density at radius 1 is 0.778 bits per heavy atom. The summed E-state index contributed by atoms with van der Waals surface area (Å²) in [5, 5.41) is 3.12. The highest BCUT2D eigenvalue weighted by atomic mass is 16.5. The lowest BCUT2D eigenvalue weighted by atomic mass is 9.83. The van der Waals surface area contributed by atoms with Gasteiger partial charge in [-0.15, -0.1) is 0 Å². The fraction of sp³-hybridized carbons (Fsp3) is 0.350. The highest BCUT2D eigenvalue weighted by Crippen LogP contribution is 2.45. The summed E-state index contributed by atoms with van der Waals surface area (Å²) in [6, 6.07) is 13.0. The third-order valence-corrected chi connectivity index (χ3v) is 5.38. The molecule has 142 valence electrons. The first-order chi connectivity index (χ1) is 13.2. The molecule has 1 amide bonds. The van der Waals surface area contributed by atoms with Gasteiger partial charge in [0.05, 0.1) is 33.4 Å². The van der Waals surface area contributed by atoms with Gasteiger partial charge in [0.25, 0.3) is 0 Å². The molecular weight excluding hydrogens is 346 g/mol. The van der Waals surface area contributed by atoms with Crippen LogP contribution < -0.4 is 30.4 Å². The highest BCUT2D eigenvalue weighted by molar-refractivity contribution is 5.86. The lowest BCUT2D eigenvalue weighted by molar-refractivity contribution is -0.121. The van der Waals surface area contributed by atoms with Gasteiger partial charge in [-0.1, -0.05) is 12.1 Å². The summed E-state index contributed by atoms with van der Waals surface area (Å²) < 4.78 is 16.2. The molecule has 2 heterocycles. The Kier molecular flexibility index (Phi) is 4.63. The third kappa shape index (κ3) is 2.98. The van der Waals surface area contributed by atoms with E-state index in [9.17, 15) is 4.79 Å². The van der Waals surface area contributed by atoms with Crippen LogP contribution in [0.4, 0.5) is 0 Å². The van der Waals surface area contributed by atoms with Crippen LogP contribution in [-0.2, 0) is 4.79 Å². The Labute approximate surface area is 158 Å². The SMILES string of the molecule is COc1ccc(C2NNC3C(=O)NC(c4cc(OC)ccc4OC)C32)cc1. The van der Waals surface area contributed by atoms with Crippen molar-refractivity contribution in [3.05, 3.63) is 53.6 Å². The van der Waals surface area contributed by atoms with E-state index in [0.29, 0.717) is 0 Å². The number of carbonyl (C=O) groups is 1. The van der Waals surface area contributed by atoms with Crippen LogP contribution in [0.3, 0.4) is 0 Å². The quantitative estimate of drug-likeness (QED) is 0.745. The number of benzene rings is 2. The monoisotopic (exact) mass is 369 g/mol. The van der Waals surface area contributed by atoms with Gasteiger partial charge < -0.3 is 19.5 Å². The minimum absolute atomic E-state index is 0.0214. The Hall–Kier alpha value is -2.77. The second kappa shape index (κ2) is 7.09. The van der Waals surface area contributed by atoms with Gasteiger partial charge >= 0.3 is 0 Å². The second-order valence-corrected chi connectivity index (χ2v) is 6.69. The zero-order chi connectivity index (χ0) is 19.0. The number of ether oxygens (including phenoxy) is 3. The van der Waals surface area contributed by atoms with Crippen molar-refractivity contribution in [3.63, 3.8) is 0 Å². The van der Waals surface area contributed by atoms with Gasteiger partial charge in [-0.3, -0.25) is 4.79 Å². The maximum Gasteiger partial charge on any atom is 0.239 e. The Morgan fingerprint density at radius 3 is 2.11 bits per heavy atom. The summed E-state index contributed by atoms with van der Waals surface area (Å²) in [6.45, 7) is 0. The number of hydrogen-bond donors (Lipinski definition) is 3. The molecule has 2 fully saturated rings. The largest absolute Gasteiger partial charge is 0.497 e. The van der Waals surface area contributed by atoms with Crippen LogP contribution in [0.2, 0.25) is 0 Å². The average Bonchev–Trinajstić information content (AvgIpc) is 3.29. The number of carbonyl (C=O) groups excluding carboxylic acids is 1. The van der Waals surface area contributed by atoms with Gasteiger partial charge in [-0.25, -0.2) is 10.9 Å². The molecule has 2 aliphatic heterocycles. The van der Waals surface area contributed by atoms with Crippen molar-refractivity contribution in [2.75, 3.05) is 21.3 Å². The Morgan fingerprint density at radius 2 is 1.44 bits per heavy atom. The predicted molar refractivity (Wildman–Crippen MR) is 99.7 cm³/mol. The van der Waals surface area contributed by atoms with E-state index in [1.165, 1.54) is 0 Å². The zero-order valence-corrected chi connectivity index (χ0v) is 15.5. The first-order valence-electron chi connectivity index (χ1n) is 8.83. The summed E-state index contributed by atoms with van der Waals surface area (Å²) >= 11 is 0. The average molecular weight is 369 g/mol. The molecule has 2 aromatic carbocycles. The van der Waals surface area contributed by atoms with E-state index < -0.39 is 0 Å². The molecule has 3 N–H and O–H groups in total. The molecule has 2 saturated heterocycles. The van der Waals surface area contributed by atoms with Crippen LogP contribution in [0.15, 0.2) is 42.5 Å². The first kappa shape index (κ1) is 17.6. The zero-order valence-electron chi connectivity index (χ0n) is 15.5. The second-order valence-electron chi connectivity index (χ2n) is 6.69. The molecule has 0 aliphatic carbocycles. The number of methoxy groups -OCH3 is 3. The topological polar surface area (TPSA) is 80.9 Å². The van der Waals surface area contributed by atoms with E-state index in [4.69, 9.17) is 14.2 Å². The number of rotatable bonds is 5. The van der Waals surface area contributed by atoms with Crippen LogP contribution >= 0.6 is 0 Å². The lowest BCUT2D eigenvalue weighted by Gasteiger charge is -2.26. The Balaban J connectivity index is 1.72. The smallest absolute Gasteiger partial charge is 0.239 e. The van der Waals surface area contributed by atoms with Crippen LogP contribution in [0.1, 0.15) is 23.2 Å². The number of amides is 1. The van der Waals surface area contributed by atoms with Crippen molar-refractivity contribution in [3.8, 4) is 17.2 Å². The van der Waals surface area contributed by atoms with Crippen molar-refractivity contribution < 1.29 is 19.0 Å². The molecule has 0 aromatic heterocycles. The number of nitrogens with one attached hydrogen (secondary N) is 3. The molecule has 4 atom stereocenters. The fourth-order valence-corrected chi connectivity index (χ4v) is 4.01. The van der Waals surface area contributed by atoms with Crippen LogP contribution in [-0.4, -0.2) is 33.3 Å². The summed E-state index contributed by atoms with van der Waals surface area (Å²) in [5.41, 5.74) is 8.42. The van der Waals surface area contributed by atoms with Crippen molar-refractivity contribution >= 4 is 5.91 Å². The van der Waals surface area contributed by atoms with Gasteiger partial charge in [-0.2, -0.15) is 0 Å². The highest BCUT2D eigenvalue weighted by Gasteiger charge is 2.52. The van der Waals surface area contributed by atoms with E-state index in [1.54, 1.807) is 21.3 Å². The summed E-state index contributed by atoms with van der Waals surface area (Å²) in [6.07, 6.45) is 0. The molecule has 4 rings (SSSR count). The number of hydrazine groups is 1. The molecule has 0 radical (unpaired) electrons. The summed E-state index contributed by atoms with van der Waals surface area (Å²) in [5.74, 6) is 2.20. The molecule has 0 saturated carbocycles. The van der Waals surface area contributed by atoms with Gasteiger partial charge in [0.2, 0.25) is 5.91 Å². The van der Waals surface area contributed by atoms with Crippen LogP contribution in [0.25, 0.3) is 0 Å². The Bertz CT molecular complexity index is 840. The van der Waals surface area contributed by atoms with Crippen LogP contribution in [0, 0.1) is 5.92 Å². The normalized spacial score (nSPS) is 26.4. The van der Waals surface area contributed by atoms with Crippen molar-refractivity contribution in [1.82, 2.24) is 16.2 Å². The van der Waals surface area contributed by atoms with Crippen molar-refractivity contribution in [2.45, 2.75) is 18.1 Å². The standard InChI is InChI=1S/C20H23N3O4/c1-25-12-6-4-11(5-7-12)17-16-18(21-20(24)19(16)23-22-17)14-10-13(26-2)8-9-15(14)27-3/h4-10,16-19,22-23H,1-3H3,(H,21,24). The first-order valence-corrected chi connectivity index (χ1v) is 8.83. The van der Waals surface area contributed by atoms with E-state index in [-0.39, 0.29) is 30.0 Å². The van der Waals surface area contributed by atoms with Crippen molar-refractivity contribution in [2.24, 2.45) is 5.92 Å². The van der Waals surface area contributed by atoms with Gasteiger partial charge in [0.15, 0.2) is 0 Å². The molecule has 4 unspecified atom stereocenters. The van der Waals surface area contributed by atoms with E-state index >= 15 is 0 Å². The lowest BCUT2D eigenvalue weighted by Crippen LogP contribution is -2.39. The fourth-order valence-electron chi connectivity index (χ4n) is 4.01. The maximum absolute atomic E-state index is 12.6.